The van der Waals surface area contributed by atoms with E-state index in [2.05, 4.69) is 15.9 Å². The van der Waals surface area contributed by atoms with Crippen LogP contribution >= 0.6 is 15.9 Å². The zero-order chi connectivity index (χ0) is 12.0. The fourth-order valence-corrected chi connectivity index (χ4v) is 2.47. The van der Waals surface area contributed by atoms with Gasteiger partial charge >= 0.3 is 0 Å². The molecular formula is C11H11BrO4. The van der Waals surface area contributed by atoms with E-state index in [4.69, 9.17) is 4.74 Å². The molecule has 0 amide bonds. The van der Waals surface area contributed by atoms with E-state index in [1.54, 1.807) is 13.8 Å². The fourth-order valence-electron chi connectivity index (χ4n) is 2.05. The van der Waals surface area contributed by atoms with Crippen molar-refractivity contribution < 1.29 is 19.4 Å². The normalized spacial score (nSPS) is 35.0. The Morgan fingerprint density at radius 1 is 1.31 bits per heavy atom. The predicted octanol–water partition coefficient (Wildman–Crippen LogP) is 0.882. The van der Waals surface area contributed by atoms with E-state index in [1.807, 2.05) is 0 Å². The Balaban J connectivity index is 2.56. The number of aliphatic hydroxyl groups excluding tert-OH is 1. The highest BCUT2D eigenvalue weighted by atomic mass is 79.9. The molecule has 5 heteroatoms. The summed E-state index contributed by atoms with van der Waals surface area (Å²) < 4.78 is 5.62. The Bertz CT molecular complexity index is 435. The van der Waals surface area contributed by atoms with Crippen LogP contribution in [0.15, 0.2) is 21.7 Å². The lowest BCUT2D eigenvalue weighted by Crippen LogP contribution is -2.44. The van der Waals surface area contributed by atoms with E-state index in [0.717, 1.165) is 0 Å². The summed E-state index contributed by atoms with van der Waals surface area (Å²) in [6.07, 6.45) is -0.767. The van der Waals surface area contributed by atoms with Gasteiger partial charge in [0.1, 0.15) is 6.10 Å². The van der Waals surface area contributed by atoms with E-state index in [0.29, 0.717) is 0 Å². The number of Topliss-reactive ketones (excluding diaryl/α,β-unsaturated/α-hetero) is 1. The molecule has 0 bridgehead atoms. The van der Waals surface area contributed by atoms with Crippen LogP contribution in [0, 0.1) is 0 Å². The van der Waals surface area contributed by atoms with Crippen LogP contribution in [0.5, 0.6) is 0 Å². The first kappa shape index (κ1) is 11.7. The van der Waals surface area contributed by atoms with Crippen molar-refractivity contribution in [1.82, 2.24) is 0 Å². The molecule has 0 unspecified atom stereocenters. The second-order valence-corrected chi connectivity index (χ2v) is 4.80. The van der Waals surface area contributed by atoms with Crippen LogP contribution in [0.2, 0.25) is 0 Å². The largest absolute Gasteiger partial charge is 0.386 e. The summed E-state index contributed by atoms with van der Waals surface area (Å²) in [6, 6.07) is 0. The van der Waals surface area contributed by atoms with Gasteiger partial charge in [-0.2, -0.15) is 0 Å². The topological polar surface area (TPSA) is 63.6 Å². The minimum absolute atomic E-state index is 0.180. The molecule has 0 spiro atoms. The molecule has 2 aliphatic rings. The van der Waals surface area contributed by atoms with Crippen LogP contribution < -0.4 is 0 Å². The molecule has 3 atom stereocenters. The summed E-state index contributed by atoms with van der Waals surface area (Å²) in [5.41, 5.74) is 0.449. The monoisotopic (exact) mass is 286 g/mol. The van der Waals surface area contributed by atoms with Crippen molar-refractivity contribution in [2.24, 2.45) is 0 Å². The molecule has 2 rings (SSSR count). The third kappa shape index (κ3) is 1.59. The minimum Gasteiger partial charge on any atom is -0.386 e. The van der Waals surface area contributed by atoms with Crippen LogP contribution in [0.1, 0.15) is 13.8 Å². The number of carbonyl (C=O) groups excluding carboxylic acids is 2. The van der Waals surface area contributed by atoms with Crippen molar-refractivity contribution in [3.05, 3.63) is 21.7 Å². The molecule has 0 aromatic rings. The van der Waals surface area contributed by atoms with Gasteiger partial charge in [-0.1, -0.05) is 0 Å². The molecule has 86 valence electrons. The lowest BCUT2D eigenvalue weighted by molar-refractivity contribution is -0.122. The summed E-state index contributed by atoms with van der Waals surface area (Å²) in [7, 11) is 0. The Hall–Kier alpha value is -0.780. The van der Waals surface area contributed by atoms with E-state index >= 15 is 0 Å². The average Bonchev–Trinajstić information content (AvgIpc) is 2.20. The summed E-state index contributed by atoms with van der Waals surface area (Å²) in [5.74, 6) is -0.607. The number of halogens is 1. The van der Waals surface area contributed by atoms with Gasteiger partial charge in [0, 0.05) is 17.2 Å². The number of aliphatic hydroxyl groups is 1. The summed E-state index contributed by atoms with van der Waals surface area (Å²) in [6.45, 7) is 3.38. The zero-order valence-electron chi connectivity index (χ0n) is 8.86. The maximum absolute atomic E-state index is 11.9. The quantitative estimate of drug-likeness (QED) is 0.672. The molecule has 16 heavy (non-hydrogen) atoms. The lowest BCUT2D eigenvalue weighted by atomic mass is 9.84. The Kier molecular flexibility index (Phi) is 2.86. The molecule has 0 saturated heterocycles. The maximum atomic E-state index is 11.9. The Morgan fingerprint density at radius 3 is 2.56 bits per heavy atom. The first-order valence-electron chi connectivity index (χ1n) is 4.97. The molecule has 0 radical (unpaired) electrons. The first-order valence-corrected chi connectivity index (χ1v) is 5.76. The van der Waals surface area contributed by atoms with Crippen molar-refractivity contribution in [2.75, 3.05) is 0 Å². The van der Waals surface area contributed by atoms with Crippen molar-refractivity contribution in [3.63, 3.8) is 0 Å². The molecule has 1 heterocycles. The van der Waals surface area contributed by atoms with Crippen molar-refractivity contribution in [2.45, 2.75) is 32.2 Å². The van der Waals surface area contributed by atoms with Gasteiger partial charge in [-0.25, -0.2) is 0 Å². The van der Waals surface area contributed by atoms with Crippen molar-refractivity contribution >= 4 is 27.5 Å². The lowest BCUT2D eigenvalue weighted by Gasteiger charge is -2.34. The van der Waals surface area contributed by atoms with E-state index in [9.17, 15) is 14.7 Å². The minimum atomic E-state index is -1.03. The predicted molar refractivity (Wildman–Crippen MR) is 60.1 cm³/mol. The summed E-state index contributed by atoms with van der Waals surface area (Å²) in [5, 5.41) is 9.86. The molecule has 4 nitrogen and oxygen atoms in total. The smallest absolute Gasteiger partial charge is 0.199 e. The average molecular weight is 287 g/mol. The molecule has 1 aliphatic carbocycles. The van der Waals surface area contributed by atoms with E-state index in [1.165, 1.54) is 6.08 Å². The summed E-state index contributed by atoms with van der Waals surface area (Å²) >= 11 is 3.04. The first-order chi connectivity index (χ1) is 7.43. The maximum Gasteiger partial charge on any atom is 0.199 e. The molecule has 0 aromatic carbocycles. The van der Waals surface area contributed by atoms with Crippen molar-refractivity contribution in [1.29, 1.82) is 0 Å². The number of carbonyl (C=O) groups is 2. The second kappa shape index (κ2) is 3.91. The van der Waals surface area contributed by atoms with Gasteiger partial charge < -0.3 is 9.84 Å². The zero-order valence-corrected chi connectivity index (χ0v) is 10.4. The Morgan fingerprint density at radius 2 is 1.94 bits per heavy atom. The number of ether oxygens (including phenoxy) is 1. The standard InChI is InChI=1S/C11H11BrO4/c1-4-8-9(10(14)5(2)16-4)7(13)3-6(12)11(8)15/h3-5,10,14H,1-2H3/t4-,5+,10+/m0/s1. The summed E-state index contributed by atoms with van der Waals surface area (Å²) in [4.78, 5) is 23.6. The van der Waals surface area contributed by atoms with E-state index in [-0.39, 0.29) is 27.2 Å². The number of rotatable bonds is 0. The third-order valence-electron chi connectivity index (χ3n) is 2.84. The molecule has 0 saturated carbocycles. The van der Waals surface area contributed by atoms with Gasteiger partial charge in [0.05, 0.1) is 16.7 Å². The molecule has 0 fully saturated rings. The number of hydrogen-bond donors (Lipinski definition) is 1. The van der Waals surface area contributed by atoms with Crippen LogP contribution in [0.3, 0.4) is 0 Å². The molecule has 1 aliphatic heterocycles. The van der Waals surface area contributed by atoms with Crippen LogP contribution in [-0.4, -0.2) is 35.0 Å². The third-order valence-corrected chi connectivity index (χ3v) is 3.43. The Labute approximate surface area is 101 Å². The number of allylic oxidation sites excluding steroid dienone is 2. The van der Waals surface area contributed by atoms with E-state index < -0.39 is 18.3 Å². The van der Waals surface area contributed by atoms with Gasteiger partial charge in [0.25, 0.3) is 0 Å². The van der Waals surface area contributed by atoms with Crippen LogP contribution in [0.4, 0.5) is 0 Å². The highest BCUT2D eigenvalue weighted by molar-refractivity contribution is 9.12. The highest BCUT2D eigenvalue weighted by Crippen LogP contribution is 2.33. The van der Waals surface area contributed by atoms with Gasteiger partial charge in [-0.3, -0.25) is 9.59 Å². The molecule has 1 N–H and O–H groups in total. The highest BCUT2D eigenvalue weighted by Gasteiger charge is 2.41. The van der Waals surface area contributed by atoms with Crippen LogP contribution in [-0.2, 0) is 14.3 Å². The molecular weight excluding hydrogens is 276 g/mol. The van der Waals surface area contributed by atoms with Gasteiger partial charge in [0.2, 0.25) is 0 Å². The van der Waals surface area contributed by atoms with Gasteiger partial charge in [0.15, 0.2) is 11.6 Å². The number of hydrogen-bond acceptors (Lipinski definition) is 4. The number of ketones is 2. The SMILES string of the molecule is C[C@@H]1O[C@H](C)[C@@H](O)C2=C1C(=O)C(Br)=CC2=O. The molecule has 0 aromatic heterocycles. The fraction of sp³-hybridized carbons (Fsp3) is 0.455. The second-order valence-electron chi connectivity index (χ2n) is 3.94. The van der Waals surface area contributed by atoms with Gasteiger partial charge in [-0.05, 0) is 29.8 Å². The van der Waals surface area contributed by atoms with Gasteiger partial charge in [-0.15, -0.1) is 0 Å². The van der Waals surface area contributed by atoms with Crippen molar-refractivity contribution in [3.8, 4) is 0 Å². The van der Waals surface area contributed by atoms with Crippen LogP contribution in [0.25, 0.3) is 0 Å².